The van der Waals surface area contributed by atoms with Crippen LogP contribution in [0.3, 0.4) is 0 Å². The standard InChI is InChI=1S/C21H23NO4S/c1-15-13-17-7-3-5-9-19(17)22(15)21(24)14-27(25)12-11-26-20-10-6-4-8-18(20)16(2)23/h3-10,15H,11-14H2,1-2H3/t15-,27-/m1/s1. The topological polar surface area (TPSA) is 63.7 Å². The molecule has 0 spiro atoms. The Balaban J connectivity index is 1.54. The van der Waals surface area contributed by atoms with E-state index in [1.54, 1.807) is 29.2 Å². The zero-order valence-corrected chi connectivity index (χ0v) is 16.3. The predicted molar refractivity (Wildman–Crippen MR) is 107 cm³/mol. The molecule has 0 saturated heterocycles. The van der Waals surface area contributed by atoms with Crippen molar-refractivity contribution in [3.8, 4) is 5.75 Å². The van der Waals surface area contributed by atoms with Gasteiger partial charge >= 0.3 is 0 Å². The summed E-state index contributed by atoms with van der Waals surface area (Å²) < 4.78 is 18.0. The maximum Gasteiger partial charge on any atom is 0.239 e. The van der Waals surface area contributed by atoms with Crippen molar-refractivity contribution in [2.75, 3.05) is 23.0 Å². The van der Waals surface area contributed by atoms with E-state index < -0.39 is 10.8 Å². The Morgan fingerprint density at radius 3 is 2.63 bits per heavy atom. The fourth-order valence-electron chi connectivity index (χ4n) is 3.35. The largest absolute Gasteiger partial charge is 0.492 e. The number of ether oxygens (including phenoxy) is 1. The third-order valence-corrected chi connectivity index (χ3v) is 5.79. The molecule has 0 fully saturated rings. The SMILES string of the molecule is CC(=O)c1ccccc1OCC[S@@](=O)CC(=O)N1c2ccccc2C[C@H]1C. The Bertz CT molecular complexity index is 880. The zero-order chi connectivity index (χ0) is 19.4. The highest BCUT2D eigenvalue weighted by atomic mass is 32.2. The van der Waals surface area contributed by atoms with E-state index in [9.17, 15) is 13.8 Å². The summed E-state index contributed by atoms with van der Waals surface area (Å²) in [5, 5.41) is 0. The highest BCUT2D eigenvalue weighted by Gasteiger charge is 2.31. The van der Waals surface area contributed by atoms with Crippen molar-refractivity contribution in [2.45, 2.75) is 26.3 Å². The minimum atomic E-state index is -1.33. The first-order chi connectivity index (χ1) is 13.0. The van der Waals surface area contributed by atoms with E-state index in [1.807, 2.05) is 31.2 Å². The molecule has 2 aromatic carbocycles. The summed E-state index contributed by atoms with van der Waals surface area (Å²) in [5.74, 6) is 0.479. The number of fused-ring (bicyclic) bond motifs is 1. The fraction of sp³-hybridized carbons (Fsp3) is 0.333. The number of carbonyl (C=O) groups excluding carboxylic acids is 2. The summed E-state index contributed by atoms with van der Waals surface area (Å²) in [5.41, 5.74) is 2.56. The maximum atomic E-state index is 12.7. The minimum absolute atomic E-state index is 0.0314. The highest BCUT2D eigenvalue weighted by Crippen LogP contribution is 2.31. The normalized spacial score (nSPS) is 16.7. The first kappa shape index (κ1) is 19.3. The van der Waals surface area contributed by atoms with Gasteiger partial charge in [0, 0.05) is 22.5 Å². The van der Waals surface area contributed by atoms with Gasteiger partial charge in [-0.3, -0.25) is 13.8 Å². The number of hydrogen-bond donors (Lipinski definition) is 0. The Hall–Kier alpha value is -2.47. The van der Waals surface area contributed by atoms with Gasteiger partial charge in [0.05, 0.1) is 17.9 Å². The number of carbonyl (C=O) groups is 2. The lowest BCUT2D eigenvalue weighted by Crippen LogP contribution is -2.39. The smallest absolute Gasteiger partial charge is 0.239 e. The molecule has 1 aliphatic rings. The van der Waals surface area contributed by atoms with Crippen LogP contribution in [0.15, 0.2) is 48.5 Å². The molecule has 0 aliphatic carbocycles. The van der Waals surface area contributed by atoms with Gasteiger partial charge in [0.25, 0.3) is 0 Å². The zero-order valence-electron chi connectivity index (χ0n) is 15.5. The van der Waals surface area contributed by atoms with Crippen molar-refractivity contribution < 1.29 is 18.5 Å². The molecule has 2 atom stereocenters. The third kappa shape index (κ3) is 4.45. The van der Waals surface area contributed by atoms with E-state index in [0.29, 0.717) is 11.3 Å². The number of para-hydroxylation sites is 2. The van der Waals surface area contributed by atoms with Gasteiger partial charge in [-0.25, -0.2) is 0 Å². The van der Waals surface area contributed by atoms with Crippen molar-refractivity contribution in [3.05, 3.63) is 59.7 Å². The summed E-state index contributed by atoms with van der Waals surface area (Å²) in [6, 6.07) is 14.9. The molecule has 0 radical (unpaired) electrons. The van der Waals surface area contributed by atoms with Crippen molar-refractivity contribution in [3.63, 3.8) is 0 Å². The summed E-state index contributed by atoms with van der Waals surface area (Å²) in [6.07, 6.45) is 0.819. The van der Waals surface area contributed by atoms with Crippen LogP contribution in [0.5, 0.6) is 5.75 Å². The first-order valence-electron chi connectivity index (χ1n) is 8.95. The number of ketones is 1. The van der Waals surface area contributed by atoms with Gasteiger partial charge in [-0.2, -0.15) is 0 Å². The molecule has 0 saturated carbocycles. The third-order valence-electron chi connectivity index (χ3n) is 4.60. The van der Waals surface area contributed by atoms with E-state index >= 15 is 0 Å². The maximum absolute atomic E-state index is 12.7. The van der Waals surface area contributed by atoms with Gasteiger partial charge in [0.15, 0.2) is 5.78 Å². The van der Waals surface area contributed by atoms with Crippen LogP contribution in [-0.4, -0.2) is 40.1 Å². The number of anilines is 1. The van der Waals surface area contributed by atoms with Gasteiger partial charge in [-0.05, 0) is 44.0 Å². The van der Waals surface area contributed by atoms with Crippen LogP contribution in [0, 0.1) is 0 Å². The van der Waals surface area contributed by atoms with Gasteiger partial charge < -0.3 is 9.64 Å². The van der Waals surface area contributed by atoms with E-state index in [2.05, 4.69) is 0 Å². The lowest BCUT2D eigenvalue weighted by atomic mass is 10.1. The molecule has 6 heteroatoms. The molecule has 27 heavy (non-hydrogen) atoms. The minimum Gasteiger partial charge on any atom is -0.492 e. The van der Waals surface area contributed by atoms with E-state index in [0.717, 1.165) is 17.7 Å². The lowest BCUT2D eigenvalue weighted by molar-refractivity contribution is -0.116. The highest BCUT2D eigenvalue weighted by molar-refractivity contribution is 7.85. The Morgan fingerprint density at radius 1 is 1.15 bits per heavy atom. The average molecular weight is 385 g/mol. The Morgan fingerprint density at radius 2 is 1.85 bits per heavy atom. The van der Waals surface area contributed by atoms with Gasteiger partial charge in [0.2, 0.25) is 5.91 Å². The molecule has 2 aromatic rings. The molecule has 3 rings (SSSR count). The molecular formula is C21H23NO4S. The van der Waals surface area contributed by atoms with Gasteiger partial charge in [-0.15, -0.1) is 0 Å². The molecule has 0 N–H and O–H groups in total. The van der Waals surface area contributed by atoms with Gasteiger partial charge in [0.1, 0.15) is 11.5 Å². The number of benzene rings is 2. The molecule has 5 nitrogen and oxygen atoms in total. The number of rotatable bonds is 7. The van der Waals surface area contributed by atoms with Crippen LogP contribution in [0.2, 0.25) is 0 Å². The van der Waals surface area contributed by atoms with Crippen LogP contribution in [0.4, 0.5) is 5.69 Å². The van der Waals surface area contributed by atoms with Crippen molar-refractivity contribution >= 4 is 28.2 Å². The van der Waals surface area contributed by atoms with E-state index in [1.165, 1.54) is 6.92 Å². The molecule has 1 aliphatic heterocycles. The van der Waals surface area contributed by atoms with Crippen molar-refractivity contribution in [2.24, 2.45) is 0 Å². The second kappa shape index (κ2) is 8.48. The number of amides is 1. The molecule has 0 aromatic heterocycles. The van der Waals surface area contributed by atoms with Gasteiger partial charge in [-0.1, -0.05) is 30.3 Å². The number of nitrogens with zero attached hydrogens (tertiary/aromatic N) is 1. The molecule has 0 bridgehead atoms. The quantitative estimate of drug-likeness (QED) is 0.688. The first-order valence-corrected chi connectivity index (χ1v) is 10.4. The van der Waals surface area contributed by atoms with E-state index in [-0.39, 0.29) is 35.8 Å². The molecule has 1 heterocycles. The van der Waals surface area contributed by atoms with Crippen LogP contribution in [0.25, 0.3) is 0 Å². The van der Waals surface area contributed by atoms with Crippen LogP contribution in [-0.2, 0) is 22.0 Å². The monoisotopic (exact) mass is 385 g/mol. The molecule has 142 valence electrons. The molecule has 0 unspecified atom stereocenters. The molecular weight excluding hydrogens is 362 g/mol. The van der Waals surface area contributed by atoms with Crippen molar-refractivity contribution in [1.29, 1.82) is 0 Å². The van der Waals surface area contributed by atoms with E-state index in [4.69, 9.17) is 4.74 Å². The Labute approximate surface area is 161 Å². The Kier molecular flexibility index (Phi) is 6.06. The van der Waals surface area contributed by atoms with Crippen molar-refractivity contribution in [1.82, 2.24) is 0 Å². The summed E-state index contributed by atoms with van der Waals surface area (Å²) in [6.45, 7) is 3.67. The number of hydrogen-bond acceptors (Lipinski definition) is 4. The second-order valence-corrected chi connectivity index (χ2v) is 8.21. The van der Waals surface area contributed by atoms with Crippen LogP contribution < -0.4 is 9.64 Å². The number of Topliss-reactive ketones (excluding diaryl/α,β-unsaturated/α-hetero) is 1. The predicted octanol–water partition coefficient (Wildman–Crippen LogP) is 2.99. The van der Waals surface area contributed by atoms with Crippen LogP contribution in [0.1, 0.15) is 29.8 Å². The van der Waals surface area contributed by atoms with Crippen LogP contribution >= 0.6 is 0 Å². The second-order valence-electron chi connectivity index (χ2n) is 6.63. The summed E-state index contributed by atoms with van der Waals surface area (Å²) >= 11 is 0. The fourth-order valence-corrected chi connectivity index (χ4v) is 4.18. The average Bonchev–Trinajstić information content (AvgIpc) is 2.97. The summed E-state index contributed by atoms with van der Waals surface area (Å²) in [7, 11) is -1.33. The molecule has 1 amide bonds. The summed E-state index contributed by atoms with van der Waals surface area (Å²) in [4.78, 5) is 26.0. The lowest BCUT2D eigenvalue weighted by Gasteiger charge is -2.22.